The summed E-state index contributed by atoms with van der Waals surface area (Å²) in [6.07, 6.45) is -6.52. The quantitative estimate of drug-likeness (QED) is 0.798. The lowest BCUT2D eigenvalue weighted by molar-refractivity contribution is -0.267. The van der Waals surface area contributed by atoms with Crippen LogP contribution in [0.25, 0.3) is 11.1 Å². The molecular weight excluding hydrogens is 325 g/mol. The standard InChI is InChI=1S/C16H17F3N2O3/c1-9-20-11-5-4-10(6-12(11)23-9)14(22)21-7-13(16(17,18)19)24-15(2,3)8-21/h4-6,13H,7-8H2,1-3H3. The average molecular weight is 342 g/mol. The summed E-state index contributed by atoms with van der Waals surface area (Å²) in [7, 11) is 0. The number of nitrogens with zero attached hydrogens (tertiary/aromatic N) is 2. The number of amides is 1. The van der Waals surface area contributed by atoms with E-state index >= 15 is 0 Å². The number of alkyl halides is 3. The monoisotopic (exact) mass is 342 g/mol. The molecule has 3 rings (SSSR count). The highest BCUT2D eigenvalue weighted by molar-refractivity contribution is 5.97. The van der Waals surface area contributed by atoms with Crippen molar-refractivity contribution in [3.05, 3.63) is 29.7 Å². The third-order valence-electron chi connectivity index (χ3n) is 3.81. The molecule has 1 aromatic heterocycles. The summed E-state index contributed by atoms with van der Waals surface area (Å²) in [6.45, 7) is 4.30. The zero-order chi connectivity index (χ0) is 17.7. The highest BCUT2D eigenvalue weighted by Gasteiger charge is 2.49. The average Bonchev–Trinajstić information content (AvgIpc) is 2.82. The molecule has 0 N–H and O–H groups in total. The Labute approximate surface area is 136 Å². The summed E-state index contributed by atoms with van der Waals surface area (Å²) in [5.74, 6) is -0.0316. The summed E-state index contributed by atoms with van der Waals surface area (Å²) in [6, 6.07) is 4.66. The minimum absolute atomic E-state index is 0.0753. The lowest BCUT2D eigenvalue weighted by Gasteiger charge is -2.43. The number of fused-ring (bicyclic) bond motifs is 1. The molecule has 1 aliphatic heterocycles. The second kappa shape index (κ2) is 5.47. The van der Waals surface area contributed by atoms with Crippen LogP contribution in [-0.2, 0) is 4.74 Å². The Morgan fingerprint density at radius 1 is 1.38 bits per heavy atom. The van der Waals surface area contributed by atoms with Gasteiger partial charge in [0.1, 0.15) is 5.52 Å². The fraction of sp³-hybridized carbons (Fsp3) is 0.500. The van der Waals surface area contributed by atoms with E-state index in [-0.39, 0.29) is 12.1 Å². The number of ether oxygens (including phenoxy) is 1. The van der Waals surface area contributed by atoms with Crippen LogP contribution < -0.4 is 0 Å². The van der Waals surface area contributed by atoms with Crippen LogP contribution in [0.4, 0.5) is 13.2 Å². The molecule has 2 aromatic rings. The van der Waals surface area contributed by atoms with Gasteiger partial charge in [-0.1, -0.05) is 0 Å². The van der Waals surface area contributed by atoms with Crippen LogP contribution in [0.2, 0.25) is 0 Å². The molecule has 5 nitrogen and oxygen atoms in total. The zero-order valence-corrected chi connectivity index (χ0v) is 13.5. The van der Waals surface area contributed by atoms with Crippen molar-refractivity contribution in [2.75, 3.05) is 13.1 Å². The van der Waals surface area contributed by atoms with Crippen molar-refractivity contribution in [2.45, 2.75) is 38.7 Å². The second-order valence-electron chi connectivity index (χ2n) is 6.51. The Morgan fingerprint density at radius 3 is 2.75 bits per heavy atom. The highest BCUT2D eigenvalue weighted by Crippen LogP contribution is 2.32. The molecule has 2 heterocycles. The Hall–Kier alpha value is -2.09. The number of morpholine rings is 1. The third-order valence-corrected chi connectivity index (χ3v) is 3.81. The van der Waals surface area contributed by atoms with Crippen LogP contribution >= 0.6 is 0 Å². The first-order chi connectivity index (χ1) is 11.0. The van der Waals surface area contributed by atoms with Gasteiger partial charge in [0.2, 0.25) is 0 Å². The Balaban J connectivity index is 1.89. The maximum atomic E-state index is 13.0. The molecule has 1 unspecified atom stereocenters. The molecule has 1 amide bonds. The van der Waals surface area contributed by atoms with Gasteiger partial charge < -0.3 is 14.1 Å². The molecule has 0 aliphatic carbocycles. The maximum Gasteiger partial charge on any atom is 0.416 e. The fourth-order valence-corrected chi connectivity index (χ4v) is 2.86. The largest absolute Gasteiger partial charge is 0.441 e. The Bertz CT molecular complexity index is 782. The number of aryl methyl sites for hydroxylation is 1. The molecule has 1 aromatic carbocycles. The molecule has 1 saturated heterocycles. The van der Waals surface area contributed by atoms with E-state index in [1.165, 1.54) is 30.9 Å². The summed E-state index contributed by atoms with van der Waals surface area (Å²) < 4.78 is 49.6. The molecule has 1 aliphatic rings. The predicted octanol–water partition coefficient (Wildman–Crippen LogP) is 3.32. The molecule has 0 bridgehead atoms. The van der Waals surface area contributed by atoms with E-state index in [4.69, 9.17) is 9.15 Å². The highest BCUT2D eigenvalue weighted by atomic mass is 19.4. The van der Waals surface area contributed by atoms with Gasteiger partial charge in [-0.15, -0.1) is 0 Å². The van der Waals surface area contributed by atoms with Crippen LogP contribution in [0.1, 0.15) is 30.1 Å². The van der Waals surface area contributed by atoms with Crippen LogP contribution in [-0.4, -0.2) is 46.8 Å². The second-order valence-corrected chi connectivity index (χ2v) is 6.51. The van der Waals surface area contributed by atoms with Crippen molar-refractivity contribution in [1.82, 2.24) is 9.88 Å². The summed E-state index contributed by atoms with van der Waals surface area (Å²) in [5, 5.41) is 0. The van der Waals surface area contributed by atoms with Gasteiger partial charge in [0.05, 0.1) is 12.1 Å². The van der Waals surface area contributed by atoms with Crippen LogP contribution in [0.15, 0.2) is 22.6 Å². The van der Waals surface area contributed by atoms with Gasteiger partial charge in [0.15, 0.2) is 17.6 Å². The zero-order valence-electron chi connectivity index (χ0n) is 13.5. The van der Waals surface area contributed by atoms with Gasteiger partial charge in [0.25, 0.3) is 5.91 Å². The van der Waals surface area contributed by atoms with Gasteiger partial charge in [-0.3, -0.25) is 4.79 Å². The van der Waals surface area contributed by atoms with E-state index in [9.17, 15) is 18.0 Å². The number of carbonyl (C=O) groups excluding carboxylic acids is 1. The topological polar surface area (TPSA) is 55.6 Å². The molecular formula is C16H17F3N2O3. The Kier molecular flexibility index (Phi) is 3.82. The first kappa shape index (κ1) is 16.8. The predicted molar refractivity (Wildman–Crippen MR) is 79.7 cm³/mol. The van der Waals surface area contributed by atoms with Crippen molar-refractivity contribution < 1.29 is 27.1 Å². The van der Waals surface area contributed by atoms with Crippen molar-refractivity contribution >= 4 is 17.0 Å². The van der Waals surface area contributed by atoms with Gasteiger partial charge in [-0.25, -0.2) is 4.98 Å². The van der Waals surface area contributed by atoms with E-state index in [0.29, 0.717) is 17.0 Å². The van der Waals surface area contributed by atoms with Crippen LogP contribution in [0.3, 0.4) is 0 Å². The first-order valence-corrected chi connectivity index (χ1v) is 7.46. The van der Waals surface area contributed by atoms with E-state index in [1.54, 1.807) is 13.0 Å². The van der Waals surface area contributed by atoms with Crippen LogP contribution in [0.5, 0.6) is 0 Å². The molecule has 0 spiro atoms. The molecule has 0 saturated carbocycles. The number of rotatable bonds is 1. The van der Waals surface area contributed by atoms with Crippen molar-refractivity contribution in [2.24, 2.45) is 0 Å². The fourth-order valence-electron chi connectivity index (χ4n) is 2.86. The molecule has 8 heteroatoms. The van der Waals surface area contributed by atoms with Gasteiger partial charge >= 0.3 is 6.18 Å². The number of aromatic nitrogens is 1. The van der Waals surface area contributed by atoms with Crippen molar-refractivity contribution in [3.8, 4) is 0 Å². The number of carbonyl (C=O) groups is 1. The van der Waals surface area contributed by atoms with E-state index in [1.807, 2.05) is 0 Å². The smallest absolute Gasteiger partial charge is 0.416 e. The molecule has 24 heavy (non-hydrogen) atoms. The van der Waals surface area contributed by atoms with Gasteiger partial charge in [0, 0.05) is 19.0 Å². The molecule has 1 atom stereocenters. The van der Waals surface area contributed by atoms with Gasteiger partial charge in [-0.2, -0.15) is 13.2 Å². The van der Waals surface area contributed by atoms with Crippen molar-refractivity contribution in [3.63, 3.8) is 0 Å². The number of oxazole rings is 1. The van der Waals surface area contributed by atoms with Crippen LogP contribution in [0, 0.1) is 6.92 Å². The Morgan fingerprint density at radius 2 is 2.08 bits per heavy atom. The van der Waals surface area contributed by atoms with Crippen molar-refractivity contribution in [1.29, 1.82) is 0 Å². The number of hydrogen-bond donors (Lipinski definition) is 0. The molecule has 130 valence electrons. The molecule has 0 radical (unpaired) electrons. The summed E-state index contributed by atoms with van der Waals surface area (Å²) in [4.78, 5) is 18.0. The van der Waals surface area contributed by atoms with E-state index in [0.717, 1.165) is 0 Å². The summed E-state index contributed by atoms with van der Waals surface area (Å²) in [5.41, 5.74) is 0.205. The molecule has 1 fully saturated rings. The minimum atomic E-state index is -4.53. The van der Waals surface area contributed by atoms with E-state index < -0.39 is 30.3 Å². The number of benzene rings is 1. The third kappa shape index (κ3) is 3.24. The lowest BCUT2D eigenvalue weighted by atomic mass is 10.0. The maximum absolute atomic E-state index is 13.0. The summed E-state index contributed by atoms with van der Waals surface area (Å²) >= 11 is 0. The number of hydrogen-bond acceptors (Lipinski definition) is 4. The van der Waals surface area contributed by atoms with Gasteiger partial charge in [-0.05, 0) is 32.0 Å². The number of halogens is 3. The normalized spacial score (nSPS) is 21.2. The first-order valence-electron chi connectivity index (χ1n) is 7.46. The SMILES string of the molecule is Cc1nc2ccc(C(=O)N3CC(C(F)(F)F)OC(C)(C)C3)cc2o1. The minimum Gasteiger partial charge on any atom is -0.441 e. The lowest BCUT2D eigenvalue weighted by Crippen LogP contribution is -2.58. The van der Waals surface area contributed by atoms with E-state index in [2.05, 4.69) is 4.98 Å².